The van der Waals surface area contributed by atoms with Crippen LogP contribution in [0.15, 0.2) is 48.5 Å². The quantitative estimate of drug-likeness (QED) is 0.324. The van der Waals surface area contributed by atoms with Crippen LogP contribution >= 0.6 is 0 Å². The molecule has 4 nitrogen and oxygen atoms in total. The van der Waals surface area contributed by atoms with Crippen LogP contribution in [-0.2, 0) is 4.79 Å². The minimum absolute atomic E-state index is 0.101. The number of imidazole rings is 1. The summed E-state index contributed by atoms with van der Waals surface area (Å²) in [6, 6.07) is 15.9. The van der Waals surface area contributed by atoms with Gasteiger partial charge in [0, 0.05) is 17.7 Å². The molecule has 1 aromatic heterocycles. The Morgan fingerprint density at radius 3 is 2.21 bits per heavy atom. The predicted octanol–water partition coefficient (Wildman–Crippen LogP) is 7.09. The molecule has 1 amide bonds. The fraction of sp³-hybridized carbons (Fsp3) is 0.440. The van der Waals surface area contributed by atoms with E-state index in [-0.39, 0.29) is 5.91 Å². The number of hydrogen-bond acceptors (Lipinski definition) is 2. The number of H-pyrrole nitrogens is 1. The molecule has 0 saturated carbocycles. The Morgan fingerprint density at radius 2 is 1.52 bits per heavy atom. The molecular weight excluding hydrogens is 358 g/mol. The molecule has 4 heteroatoms. The van der Waals surface area contributed by atoms with E-state index in [1.54, 1.807) is 0 Å². The van der Waals surface area contributed by atoms with Crippen molar-refractivity contribution in [2.75, 3.05) is 5.32 Å². The standard InChI is InChI=1S/C25H33N3O/c1-2-3-4-5-6-7-8-9-10-15-24(29)26-21-18-16-20(17-19-21)25-27-22-13-11-12-14-23(22)28-25/h11-14,16-19H,2-10,15H2,1H3,(H,26,29)(H,27,28). The molecule has 0 aliphatic carbocycles. The first-order valence-corrected chi connectivity index (χ1v) is 11.1. The number of nitrogens with zero attached hydrogens (tertiary/aromatic N) is 1. The number of fused-ring (bicyclic) bond motifs is 1. The number of rotatable bonds is 12. The fourth-order valence-electron chi connectivity index (χ4n) is 3.62. The highest BCUT2D eigenvalue weighted by atomic mass is 16.1. The van der Waals surface area contributed by atoms with E-state index in [1.807, 2.05) is 48.5 Å². The minimum atomic E-state index is 0.101. The van der Waals surface area contributed by atoms with Crippen LogP contribution in [0.2, 0.25) is 0 Å². The number of carbonyl (C=O) groups excluding carboxylic acids is 1. The van der Waals surface area contributed by atoms with Crippen LogP contribution in [0.4, 0.5) is 5.69 Å². The molecule has 0 radical (unpaired) electrons. The number of carbonyl (C=O) groups is 1. The maximum atomic E-state index is 12.2. The zero-order valence-corrected chi connectivity index (χ0v) is 17.5. The molecular formula is C25H33N3O. The average Bonchev–Trinajstić information content (AvgIpc) is 3.17. The number of amides is 1. The largest absolute Gasteiger partial charge is 0.338 e. The van der Waals surface area contributed by atoms with Gasteiger partial charge in [-0.25, -0.2) is 4.98 Å². The van der Waals surface area contributed by atoms with Crippen molar-refractivity contribution in [1.29, 1.82) is 0 Å². The molecule has 0 saturated heterocycles. The van der Waals surface area contributed by atoms with Crippen LogP contribution in [0.5, 0.6) is 0 Å². The molecule has 0 aliphatic rings. The van der Waals surface area contributed by atoms with Crippen LogP contribution in [0.25, 0.3) is 22.4 Å². The Balaban J connectivity index is 1.36. The lowest BCUT2D eigenvalue weighted by Crippen LogP contribution is -2.10. The predicted molar refractivity (Wildman–Crippen MR) is 122 cm³/mol. The van der Waals surface area contributed by atoms with Gasteiger partial charge < -0.3 is 10.3 Å². The zero-order chi connectivity index (χ0) is 20.3. The molecule has 154 valence electrons. The van der Waals surface area contributed by atoms with Crippen molar-refractivity contribution in [3.05, 3.63) is 48.5 Å². The second-order valence-electron chi connectivity index (χ2n) is 7.81. The summed E-state index contributed by atoms with van der Waals surface area (Å²) in [4.78, 5) is 20.1. The molecule has 3 rings (SSSR count). The Morgan fingerprint density at radius 1 is 0.862 bits per heavy atom. The smallest absolute Gasteiger partial charge is 0.224 e. The molecule has 29 heavy (non-hydrogen) atoms. The summed E-state index contributed by atoms with van der Waals surface area (Å²) in [5.41, 5.74) is 3.84. The Bertz CT molecular complexity index is 849. The summed E-state index contributed by atoms with van der Waals surface area (Å²) in [6.07, 6.45) is 12.0. The molecule has 2 N–H and O–H groups in total. The first-order valence-electron chi connectivity index (χ1n) is 11.1. The number of anilines is 1. The lowest BCUT2D eigenvalue weighted by Gasteiger charge is -2.06. The molecule has 0 spiro atoms. The van der Waals surface area contributed by atoms with E-state index in [9.17, 15) is 4.79 Å². The summed E-state index contributed by atoms with van der Waals surface area (Å²) >= 11 is 0. The van der Waals surface area contributed by atoms with E-state index in [4.69, 9.17) is 0 Å². The van der Waals surface area contributed by atoms with Gasteiger partial charge in [0.05, 0.1) is 11.0 Å². The summed E-state index contributed by atoms with van der Waals surface area (Å²) < 4.78 is 0. The highest BCUT2D eigenvalue weighted by Gasteiger charge is 2.06. The SMILES string of the molecule is CCCCCCCCCCCC(=O)Nc1ccc(-c2nc3ccccc3[nH]2)cc1. The van der Waals surface area contributed by atoms with Gasteiger partial charge in [-0.05, 0) is 42.8 Å². The van der Waals surface area contributed by atoms with Crippen LogP contribution in [0.3, 0.4) is 0 Å². The fourth-order valence-corrected chi connectivity index (χ4v) is 3.62. The average molecular weight is 392 g/mol. The van der Waals surface area contributed by atoms with Crippen LogP contribution in [0, 0.1) is 0 Å². The summed E-state index contributed by atoms with van der Waals surface area (Å²) in [7, 11) is 0. The lowest BCUT2D eigenvalue weighted by atomic mass is 10.1. The van der Waals surface area contributed by atoms with E-state index >= 15 is 0 Å². The Labute approximate surface area is 174 Å². The van der Waals surface area contributed by atoms with E-state index in [1.165, 1.54) is 44.9 Å². The van der Waals surface area contributed by atoms with Gasteiger partial charge in [-0.1, -0.05) is 70.4 Å². The molecule has 0 atom stereocenters. The summed E-state index contributed by atoms with van der Waals surface area (Å²) in [6.45, 7) is 2.25. The van der Waals surface area contributed by atoms with Crippen molar-refractivity contribution >= 4 is 22.6 Å². The van der Waals surface area contributed by atoms with E-state index in [0.29, 0.717) is 6.42 Å². The van der Waals surface area contributed by atoms with Crippen molar-refractivity contribution < 1.29 is 4.79 Å². The monoisotopic (exact) mass is 391 g/mol. The molecule has 0 aliphatic heterocycles. The Kier molecular flexibility index (Phi) is 8.29. The maximum Gasteiger partial charge on any atom is 0.224 e. The normalized spacial score (nSPS) is 11.1. The number of unbranched alkanes of at least 4 members (excludes halogenated alkanes) is 8. The number of aromatic nitrogens is 2. The molecule has 1 heterocycles. The second-order valence-corrected chi connectivity index (χ2v) is 7.81. The third-order valence-electron chi connectivity index (χ3n) is 5.34. The highest BCUT2D eigenvalue weighted by molar-refractivity contribution is 5.91. The number of para-hydroxylation sites is 2. The molecule has 0 bridgehead atoms. The van der Waals surface area contributed by atoms with Crippen LogP contribution in [-0.4, -0.2) is 15.9 Å². The van der Waals surface area contributed by atoms with Gasteiger partial charge in [0.2, 0.25) is 5.91 Å². The van der Waals surface area contributed by atoms with Gasteiger partial charge in [-0.15, -0.1) is 0 Å². The van der Waals surface area contributed by atoms with Gasteiger partial charge >= 0.3 is 0 Å². The third-order valence-corrected chi connectivity index (χ3v) is 5.34. The zero-order valence-electron chi connectivity index (χ0n) is 17.5. The van der Waals surface area contributed by atoms with Gasteiger partial charge in [0.25, 0.3) is 0 Å². The maximum absolute atomic E-state index is 12.2. The van der Waals surface area contributed by atoms with Crippen molar-refractivity contribution in [1.82, 2.24) is 9.97 Å². The summed E-state index contributed by atoms with van der Waals surface area (Å²) in [5.74, 6) is 0.947. The van der Waals surface area contributed by atoms with Crippen LogP contribution < -0.4 is 5.32 Å². The second kappa shape index (κ2) is 11.4. The minimum Gasteiger partial charge on any atom is -0.338 e. The van der Waals surface area contributed by atoms with Gasteiger partial charge in [0.1, 0.15) is 5.82 Å². The van der Waals surface area contributed by atoms with Crippen molar-refractivity contribution in [2.24, 2.45) is 0 Å². The van der Waals surface area contributed by atoms with Gasteiger partial charge in [-0.2, -0.15) is 0 Å². The first kappa shape index (κ1) is 21.1. The van der Waals surface area contributed by atoms with E-state index in [2.05, 4.69) is 22.2 Å². The molecule has 0 unspecified atom stereocenters. The number of hydrogen-bond donors (Lipinski definition) is 2. The van der Waals surface area contributed by atoms with E-state index < -0.39 is 0 Å². The molecule has 2 aromatic carbocycles. The van der Waals surface area contributed by atoms with Gasteiger partial charge in [0.15, 0.2) is 0 Å². The molecule has 3 aromatic rings. The summed E-state index contributed by atoms with van der Waals surface area (Å²) in [5, 5.41) is 3.00. The number of aromatic amines is 1. The number of nitrogens with one attached hydrogen (secondary N) is 2. The van der Waals surface area contributed by atoms with Crippen molar-refractivity contribution in [2.45, 2.75) is 71.1 Å². The van der Waals surface area contributed by atoms with Crippen molar-refractivity contribution in [3.8, 4) is 11.4 Å². The first-order chi connectivity index (χ1) is 14.3. The molecule has 0 fully saturated rings. The van der Waals surface area contributed by atoms with Crippen LogP contribution in [0.1, 0.15) is 71.1 Å². The van der Waals surface area contributed by atoms with Crippen molar-refractivity contribution in [3.63, 3.8) is 0 Å². The van der Waals surface area contributed by atoms with Gasteiger partial charge in [-0.3, -0.25) is 4.79 Å². The highest BCUT2D eigenvalue weighted by Crippen LogP contribution is 2.22. The number of benzene rings is 2. The topological polar surface area (TPSA) is 57.8 Å². The van der Waals surface area contributed by atoms with E-state index in [0.717, 1.165) is 41.0 Å². The third kappa shape index (κ3) is 6.74. The lowest BCUT2D eigenvalue weighted by molar-refractivity contribution is -0.116. The Hall–Kier alpha value is -2.62.